The Hall–Kier alpha value is -1.46. The Labute approximate surface area is 125 Å². The van der Waals surface area contributed by atoms with Crippen LogP contribution >= 0.6 is 12.2 Å². The monoisotopic (exact) mass is 294 g/mol. The minimum Gasteiger partial charge on any atom is -0.392 e. The van der Waals surface area contributed by atoms with E-state index in [-0.39, 0.29) is 10.9 Å². The average Bonchev–Trinajstić information content (AvgIpc) is 2.39. The van der Waals surface area contributed by atoms with Gasteiger partial charge in [0.25, 0.3) is 0 Å². The van der Waals surface area contributed by atoms with Crippen LogP contribution in [0.3, 0.4) is 0 Å². The van der Waals surface area contributed by atoms with Crippen molar-refractivity contribution in [2.45, 2.75) is 19.8 Å². The van der Waals surface area contributed by atoms with Crippen molar-refractivity contribution in [1.29, 1.82) is 0 Å². The normalized spacial score (nSPS) is 12.2. The van der Waals surface area contributed by atoms with E-state index in [9.17, 15) is 4.79 Å². The van der Waals surface area contributed by atoms with E-state index < -0.39 is 5.92 Å². The van der Waals surface area contributed by atoms with Crippen LogP contribution in [-0.2, 0) is 9.53 Å². The Balaban J connectivity index is 2.48. The molecule has 0 heterocycles. The highest BCUT2D eigenvalue weighted by molar-refractivity contribution is 7.80. The van der Waals surface area contributed by atoms with Crippen molar-refractivity contribution >= 4 is 23.1 Å². The molecule has 0 radical (unpaired) electrons. The standard InChI is InChI=1S/C15H22N2O2S/c1-11(2)10-19-9-8-17-15(18)13(14(16)20)12-6-4-3-5-7-12/h3-7,11,13H,8-10H2,1-2H3,(H2,16,20)(H,17,18). The molecular weight excluding hydrogens is 272 g/mol. The smallest absolute Gasteiger partial charge is 0.234 e. The van der Waals surface area contributed by atoms with Gasteiger partial charge in [0, 0.05) is 13.2 Å². The van der Waals surface area contributed by atoms with Gasteiger partial charge >= 0.3 is 0 Å². The topological polar surface area (TPSA) is 64.3 Å². The van der Waals surface area contributed by atoms with Crippen LogP contribution in [0.25, 0.3) is 0 Å². The number of benzene rings is 1. The molecule has 0 saturated carbocycles. The summed E-state index contributed by atoms with van der Waals surface area (Å²) in [4.78, 5) is 12.3. The third-order valence-corrected chi connectivity index (χ3v) is 2.91. The molecule has 5 heteroatoms. The van der Waals surface area contributed by atoms with Crippen LogP contribution in [0.4, 0.5) is 0 Å². The Bertz CT molecular complexity index is 435. The molecular formula is C15H22N2O2S. The first kappa shape index (κ1) is 16.6. The van der Waals surface area contributed by atoms with Gasteiger partial charge in [0.15, 0.2) is 0 Å². The number of nitrogens with two attached hydrogens (primary N) is 1. The molecule has 1 amide bonds. The number of thiocarbonyl (C=S) groups is 1. The molecule has 0 aliphatic carbocycles. The van der Waals surface area contributed by atoms with E-state index in [0.717, 1.165) is 5.56 Å². The highest BCUT2D eigenvalue weighted by Gasteiger charge is 2.22. The van der Waals surface area contributed by atoms with E-state index in [1.54, 1.807) is 0 Å². The summed E-state index contributed by atoms with van der Waals surface area (Å²) >= 11 is 5.00. The summed E-state index contributed by atoms with van der Waals surface area (Å²) in [7, 11) is 0. The molecule has 1 atom stereocenters. The lowest BCUT2D eigenvalue weighted by Crippen LogP contribution is -2.37. The van der Waals surface area contributed by atoms with Gasteiger partial charge in [-0.2, -0.15) is 0 Å². The number of hydrogen-bond donors (Lipinski definition) is 2. The lowest BCUT2D eigenvalue weighted by atomic mass is 9.98. The maximum Gasteiger partial charge on any atom is 0.234 e. The molecule has 0 bridgehead atoms. The number of carbonyl (C=O) groups excluding carboxylic acids is 1. The molecule has 0 fully saturated rings. The first-order valence-corrected chi connectivity index (χ1v) is 7.13. The fourth-order valence-corrected chi connectivity index (χ4v) is 2.00. The maximum absolute atomic E-state index is 12.1. The summed E-state index contributed by atoms with van der Waals surface area (Å²) in [6.45, 7) is 5.79. The SMILES string of the molecule is CC(C)COCCNC(=O)C(C(N)=S)c1ccccc1. The van der Waals surface area contributed by atoms with Crippen LogP contribution in [0.5, 0.6) is 0 Å². The predicted molar refractivity (Wildman–Crippen MR) is 84.6 cm³/mol. The molecule has 1 aromatic rings. The van der Waals surface area contributed by atoms with Crippen LogP contribution < -0.4 is 11.1 Å². The lowest BCUT2D eigenvalue weighted by molar-refractivity contribution is -0.121. The van der Waals surface area contributed by atoms with Crippen LogP contribution in [0.1, 0.15) is 25.3 Å². The molecule has 4 nitrogen and oxygen atoms in total. The summed E-state index contributed by atoms with van der Waals surface area (Å²) in [6, 6.07) is 9.30. The Morgan fingerprint density at radius 3 is 2.55 bits per heavy atom. The molecule has 20 heavy (non-hydrogen) atoms. The van der Waals surface area contributed by atoms with Crippen molar-refractivity contribution in [2.24, 2.45) is 11.7 Å². The quantitative estimate of drug-likeness (QED) is 0.567. The molecule has 1 rings (SSSR count). The van der Waals surface area contributed by atoms with Crippen LogP contribution in [0.2, 0.25) is 0 Å². The summed E-state index contributed by atoms with van der Waals surface area (Å²) in [5, 5.41) is 2.80. The Morgan fingerprint density at radius 2 is 2.00 bits per heavy atom. The van der Waals surface area contributed by atoms with Crippen LogP contribution in [0.15, 0.2) is 30.3 Å². The molecule has 0 spiro atoms. The summed E-state index contributed by atoms with van der Waals surface area (Å²) in [6.07, 6.45) is 0. The van der Waals surface area contributed by atoms with E-state index in [1.165, 1.54) is 0 Å². The van der Waals surface area contributed by atoms with E-state index in [4.69, 9.17) is 22.7 Å². The number of ether oxygens (including phenoxy) is 1. The number of hydrogen-bond acceptors (Lipinski definition) is 3. The van der Waals surface area contributed by atoms with E-state index >= 15 is 0 Å². The fourth-order valence-electron chi connectivity index (χ4n) is 1.76. The van der Waals surface area contributed by atoms with Crippen LogP contribution in [0, 0.1) is 5.92 Å². The van der Waals surface area contributed by atoms with Gasteiger partial charge in [-0.15, -0.1) is 0 Å². The Kier molecular flexibility index (Phi) is 7.18. The second-order valence-corrected chi connectivity index (χ2v) is 5.48. The predicted octanol–water partition coefficient (Wildman–Crippen LogP) is 1.85. The van der Waals surface area contributed by atoms with Crippen molar-refractivity contribution in [2.75, 3.05) is 19.8 Å². The highest BCUT2D eigenvalue weighted by atomic mass is 32.1. The third-order valence-electron chi connectivity index (χ3n) is 2.68. The van der Waals surface area contributed by atoms with E-state index in [2.05, 4.69) is 19.2 Å². The molecule has 0 aromatic heterocycles. The highest BCUT2D eigenvalue weighted by Crippen LogP contribution is 2.15. The zero-order valence-electron chi connectivity index (χ0n) is 12.0. The minimum absolute atomic E-state index is 0.178. The fraction of sp³-hybridized carbons (Fsp3) is 0.467. The van der Waals surface area contributed by atoms with Gasteiger partial charge in [-0.1, -0.05) is 56.4 Å². The zero-order valence-corrected chi connectivity index (χ0v) is 12.8. The Morgan fingerprint density at radius 1 is 1.35 bits per heavy atom. The molecule has 0 aliphatic heterocycles. The number of rotatable bonds is 8. The molecule has 110 valence electrons. The van der Waals surface area contributed by atoms with Crippen molar-refractivity contribution in [1.82, 2.24) is 5.32 Å². The van der Waals surface area contributed by atoms with E-state index in [1.807, 2.05) is 30.3 Å². The molecule has 3 N–H and O–H groups in total. The lowest BCUT2D eigenvalue weighted by Gasteiger charge is -2.16. The van der Waals surface area contributed by atoms with Gasteiger partial charge in [0.2, 0.25) is 5.91 Å². The molecule has 1 aromatic carbocycles. The first-order chi connectivity index (χ1) is 9.52. The van der Waals surface area contributed by atoms with Gasteiger partial charge in [-0.3, -0.25) is 4.79 Å². The number of amides is 1. The second-order valence-electron chi connectivity index (χ2n) is 5.01. The second kappa shape index (κ2) is 8.66. The molecule has 0 aliphatic rings. The number of carbonyl (C=O) groups is 1. The maximum atomic E-state index is 12.1. The van der Waals surface area contributed by atoms with Gasteiger partial charge < -0.3 is 15.8 Å². The first-order valence-electron chi connectivity index (χ1n) is 6.72. The van der Waals surface area contributed by atoms with Gasteiger partial charge in [-0.25, -0.2) is 0 Å². The van der Waals surface area contributed by atoms with Gasteiger partial charge in [-0.05, 0) is 11.5 Å². The van der Waals surface area contributed by atoms with Gasteiger partial charge in [0.05, 0.1) is 11.6 Å². The minimum atomic E-state index is -0.587. The van der Waals surface area contributed by atoms with Crippen molar-refractivity contribution in [3.05, 3.63) is 35.9 Å². The summed E-state index contributed by atoms with van der Waals surface area (Å²) in [5.74, 6) is -0.285. The summed E-state index contributed by atoms with van der Waals surface area (Å²) < 4.78 is 5.41. The molecule has 1 unspecified atom stereocenters. The largest absolute Gasteiger partial charge is 0.392 e. The van der Waals surface area contributed by atoms with Crippen LogP contribution in [-0.4, -0.2) is 30.7 Å². The number of nitrogens with one attached hydrogen (secondary N) is 1. The average molecular weight is 294 g/mol. The van der Waals surface area contributed by atoms with Crippen molar-refractivity contribution in [3.63, 3.8) is 0 Å². The van der Waals surface area contributed by atoms with Crippen molar-refractivity contribution in [3.8, 4) is 0 Å². The zero-order chi connectivity index (χ0) is 15.0. The van der Waals surface area contributed by atoms with E-state index in [0.29, 0.717) is 25.7 Å². The third kappa shape index (κ3) is 5.67. The van der Waals surface area contributed by atoms with Gasteiger partial charge in [0.1, 0.15) is 5.92 Å². The van der Waals surface area contributed by atoms with Crippen molar-refractivity contribution < 1.29 is 9.53 Å². The molecule has 0 saturated heterocycles. The summed E-state index contributed by atoms with van der Waals surface area (Å²) in [5.41, 5.74) is 6.49.